The quantitative estimate of drug-likeness (QED) is 0.607. The van der Waals surface area contributed by atoms with E-state index in [0.29, 0.717) is 6.01 Å². The van der Waals surface area contributed by atoms with Gasteiger partial charge in [-0.15, -0.1) is 0 Å². The highest BCUT2D eigenvalue weighted by Gasteiger charge is 2.07. The highest BCUT2D eigenvalue weighted by atomic mass is 16.4. The van der Waals surface area contributed by atoms with Gasteiger partial charge in [0.25, 0.3) is 6.01 Å². The van der Waals surface area contributed by atoms with Gasteiger partial charge in [-0.05, 0) is 12.1 Å². The molecule has 0 spiro atoms. The van der Waals surface area contributed by atoms with Crippen LogP contribution in [-0.4, -0.2) is 9.97 Å². The Hall–Kier alpha value is -3.08. The Kier molecular flexibility index (Phi) is 2.67. The fraction of sp³-hybridized carbons (Fsp3) is 0. The van der Waals surface area contributed by atoms with Gasteiger partial charge in [0.15, 0.2) is 17.7 Å². The maximum Gasteiger partial charge on any atom is 0.299 e. The number of oxazole rings is 2. The zero-order chi connectivity index (χ0) is 14.1. The molecule has 0 bridgehead atoms. The third-order valence-electron chi connectivity index (χ3n) is 3.15. The molecular formula is C16H11N3O2. The lowest BCUT2D eigenvalue weighted by atomic mass is 10.2. The number of hydrogen-bond donors (Lipinski definition) is 1. The minimum Gasteiger partial charge on any atom is -0.443 e. The van der Waals surface area contributed by atoms with Crippen molar-refractivity contribution in [3.63, 3.8) is 0 Å². The summed E-state index contributed by atoms with van der Waals surface area (Å²) in [5, 5.41) is 3.11. The Morgan fingerprint density at radius 3 is 2.76 bits per heavy atom. The zero-order valence-electron chi connectivity index (χ0n) is 11.0. The molecule has 0 aliphatic heterocycles. The molecule has 0 atom stereocenters. The highest BCUT2D eigenvalue weighted by molar-refractivity contribution is 5.77. The van der Waals surface area contributed by atoms with Crippen LogP contribution in [0.15, 0.2) is 70.0 Å². The minimum atomic E-state index is 0.438. The average Bonchev–Trinajstić information content (AvgIpc) is 3.17. The van der Waals surface area contributed by atoms with Gasteiger partial charge >= 0.3 is 0 Å². The topological polar surface area (TPSA) is 64.1 Å². The summed E-state index contributed by atoms with van der Waals surface area (Å²) in [4.78, 5) is 8.31. The Morgan fingerprint density at radius 1 is 0.952 bits per heavy atom. The molecule has 21 heavy (non-hydrogen) atoms. The molecule has 5 heteroatoms. The first-order valence-corrected chi connectivity index (χ1v) is 6.50. The largest absolute Gasteiger partial charge is 0.443 e. The predicted molar refractivity (Wildman–Crippen MR) is 79.2 cm³/mol. The van der Waals surface area contributed by atoms with Gasteiger partial charge in [-0.2, -0.15) is 0 Å². The molecule has 2 heterocycles. The summed E-state index contributed by atoms with van der Waals surface area (Å²) in [6.07, 6.45) is 3.12. The SMILES string of the molecule is c1ccc(-c2cnc(Nc3ccc4ncoc4c3)o2)cc1. The van der Waals surface area contributed by atoms with E-state index in [9.17, 15) is 0 Å². The number of fused-ring (bicyclic) bond motifs is 1. The molecule has 0 aliphatic rings. The van der Waals surface area contributed by atoms with Gasteiger partial charge in [0, 0.05) is 17.3 Å². The number of benzene rings is 2. The number of anilines is 2. The Balaban J connectivity index is 1.61. The minimum absolute atomic E-state index is 0.438. The third-order valence-corrected chi connectivity index (χ3v) is 3.15. The molecule has 0 unspecified atom stereocenters. The maximum atomic E-state index is 5.70. The Morgan fingerprint density at radius 2 is 1.86 bits per heavy atom. The van der Waals surface area contributed by atoms with Gasteiger partial charge in [-0.25, -0.2) is 9.97 Å². The first-order valence-electron chi connectivity index (χ1n) is 6.50. The molecular weight excluding hydrogens is 266 g/mol. The fourth-order valence-corrected chi connectivity index (χ4v) is 2.12. The number of nitrogens with zero attached hydrogens (tertiary/aromatic N) is 2. The molecule has 4 aromatic rings. The molecule has 102 valence electrons. The van der Waals surface area contributed by atoms with Crippen LogP contribution in [0.4, 0.5) is 11.7 Å². The van der Waals surface area contributed by atoms with E-state index in [4.69, 9.17) is 8.83 Å². The second kappa shape index (κ2) is 4.79. The predicted octanol–water partition coefficient (Wildman–Crippen LogP) is 4.23. The van der Waals surface area contributed by atoms with E-state index in [2.05, 4.69) is 15.3 Å². The summed E-state index contributed by atoms with van der Waals surface area (Å²) < 4.78 is 11.0. The molecule has 0 amide bonds. The zero-order valence-corrected chi connectivity index (χ0v) is 11.0. The van der Waals surface area contributed by atoms with E-state index >= 15 is 0 Å². The second-order valence-corrected chi connectivity index (χ2v) is 4.56. The summed E-state index contributed by atoms with van der Waals surface area (Å²) in [5.74, 6) is 0.721. The molecule has 0 saturated carbocycles. The molecule has 0 radical (unpaired) electrons. The number of aromatic nitrogens is 2. The first-order chi connectivity index (χ1) is 10.4. The maximum absolute atomic E-state index is 5.70. The van der Waals surface area contributed by atoms with E-state index in [-0.39, 0.29) is 0 Å². The van der Waals surface area contributed by atoms with E-state index < -0.39 is 0 Å². The van der Waals surface area contributed by atoms with Gasteiger partial charge in [0.2, 0.25) is 0 Å². The van der Waals surface area contributed by atoms with Crippen molar-refractivity contribution in [1.29, 1.82) is 0 Å². The smallest absolute Gasteiger partial charge is 0.299 e. The molecule has 1 N–H and O–H groups in total. The summed E-state index contributed by atoms with van der Waals surface area (Å²) >= 11 is 0. The summed E-state index contributed by atoms with van der Waals surface area (Å²) in [5.41, 5.74) is 3.36. The summed E-state index contributed by atoms with van der Waals surface area (Å²) in [6, 6.07) is 15.9. The van der Waals surface area contributed by atoms with Crippen LogP contribution in [0.25, 0.3) is 22.4 Å². The van der Waals surface area contributed by atoms with Crippen LogP contribution >= 0.6 is 0 Å². The molecule has 5 nitrogen and oxygen atoms in total. The van der Waals surface area contributed by atoms with E-state index in [0.717, 1.165) is 28.1 Å². The van der Waals surface area contributed by atoms with Crippen molar-refractivity contribution < 1.29 is 8.83 Å². The normalized spacial score (nSPS) is 10.9. The monoisotopic (exact) mass is 277 g/mol. The van der Waals surface area contributed by atoms with Crippen molar-refractivity contribution in [2.24, 2.45) is 0 Å². The van der Waals surface area contributed by atoms with E-state index in [1.54, 1.807) is 6.20 Å². The molecule has 2 aromatic heterocycles. The lowest BCUT2D eigenvalue weighted by molar-refractivity contribution is 0.592. The van der Waals surface area contributed by atoms with Crippen molar-refractivity contribution in [3.05, 3.63) is 61.1 Å². The standard InChI is InChI=1S/C16H11N3O2/c1-2-4-11(5-3-1)15-9-17-16(21-15)19-12-6-7-13-14(8-12)20-10-18-13/h1-10H,(H,17,19). The molecule has 0 fully saturated rings. The van der Waals surface area contributed by atoms with Gasteiger partial charge in [-0.1, -0.05) is 30.3 Å². The van der Waals surface area contributed by atoms with Crippen molar-refractivity contribution in [2.75, 3.05) is 5.32 Å². The van der Waals surface area contributed by atoms with Crippen LogP contribution in [0.1, 0.15) is 0 Å². The van der Waals surface area contributed by atoms with Crippen molar-refractivity contribution in [2.45, 2.75) is 0 Å². The fourth-order valence-electron chi connectivity index (χ4n) is 2.12. The van der Waals surface area contributed by atoms with Gasteiger partial charge in [0.05, 0.1) is 6.20 Å². The summed E-state index contributed by atoms with van der Waals surface area (Å²) in [6.45, 7) is 0. The molecule has 0 saturated heterocycles. The first kappa shape index (κ1) is 11.7. The van der Waals surface area contributed by atoms with Gasteiger partial charge in [-0.3, -0.25) is 0 Å². The van der Waals surface area contributed by atoms with Gasteiger partial charge < -0.3 is 14.2 Å². The van der Waals surface area contributed by atoms with Crippen LogP contribution in [0.2, 0.25) is 0 Å². The molecule has 4 rings (SSSR count). The van der Waals surface area contributed by atoms with Crippen LogP contribution in [0.3, 0.4) is 0 Å². The molecule has 2 aromatic carbocycles. The second-order valence-electron chi connectivity index (χ2n) is 4.56. The summed E-state index contributed by atoms with van der Waals surface area (Å²) in [7, 11) is 0. The lowest BCUT2D eigenvalue weighted by Gasteiger charge is -2.00. The van der Waals surface area contributed by atoms with Crippen LogP contribution < -0.4 is 5.32 Å². The van der Waals surface area contributed by atoms with Crippen LogP contribution in [-0.2, 0) is 0 Å². The van der Waals surface area contributed by atoms with Crippen LogP contribution in [0.5, 0.6) is 0 Å². The highest BCUT2D eigenvalue weighted by Crippen LogP contribution is 2.25. The van der Waals surface area contributed by atoms with E-state index in [1.807, 2.05) is 48.5 Å². The number of rotatable bonds is 3. The Bertz CT molecular complexity index is 881. The van der Waals surface area contributed by atoms with E-state index in [1.165, 1.54) is 6.39 Å². The number of nitrogens with one attached hydrogen (secondary N) is 1. The lowest BCUT2D eigenvalue weighted by Crippen LogP contribution is -1.89. The van der Waals surface area contributed by atoms with Gasteiger partial charge in [0.1, 0.15) is 5.52 Å². The number of hydrogen-bond acceptors (Lipinski definition) is 5. The average molecular weight is 277 g/mol. The van der Waals surface area contributed by atoms with Crippen LogP contribution in [0, 0.1) is 0 Å². The Labute approximate surface area is 120 Å². The van der Waals surface area contributed by atoms with Crippen molar-refractivity contribution >= 4 is 22.8 Å². The van der Waals surface area contributed by atoms with Crippen molar-refractivity contribution in [1.82, 2.24) is 9.97 Å². The third kappa shape index (κ3) is 2.25. The molecule has 0 aliphatic carbocycles. The van der Waals surface area contributed by atoms with Crippen molar-refractivity contribution in [3.8, 4) is 11.3 Å².